The maximum Gasteiger partial charge on any atom is 0.312 e. The number of aromatic nitrogens is 2. The van der Waals surface area contributed by atoms with Gasteiger partial charge in [0.15, 0.2) is 6.61 Å². The molecule has 2 aromatic heterocycles. The lowest BCUT2D eigenvalue weighted by Gasteiger charge is -2.14. The summed E-state index contributed by atoms with van der Waals surface area (Å²) in [6.45, 7) is 7.12. The Bertz CT molecular complexity index is 803. The van der Waals surface area contributed by atoms with Crippen LogP contribution in [0.25, 0.3) is 0 Å². The maximum atomic E-state index is 12.5. The fourth-order valence-corrected chi connectivity index (χ4v) is 3.88. The summed E-state index contributed by atoms with van der Waals surface area (Å²) in [6, 6.07) is 1.87. The van der Waals surface area contributed by atoms with Crippen molar-refractivity contribution in [3.05, 3.63) is 39.1 Å². The number of thiazole rings is 1. The first-order chi connectivity index (χ1) is 12.4. The monoisotopic (exact) mass is 376 g/mol. The second-order valence-corrected chi connectivity index (χ2v) is 7.71. The molecular weight excluding hydrogens is 352 g/mol. The molecule has 0 aromatic carbocycles. The zero-order chi connectivity index (χ0) is 18.7. The van der Waals surface area contributed by atoms with E-state index >= 15 is 0 Å². The molecule has 7 heteroatoms. The van der Waals surface area contributed by atoms with Gasteiger partial charge in [0, 0.05) is 35.5 Å². The molecule has 0 aliphatic carbocycles. The van der Waals surface area contributed by atoms with E-state index in [0.29, 0.717) is 11.3 Å². The number of esters is 1. The largest absolute Gasteiger partial charge is 0.457 e. The molecule has 0 amide bonds. The molecule has 1 aliphatic rings. The van der Waals surface area contributed by atoms with Crippen LogP contribution in [-0.2, 0) is 27.2 Å². The van der Waals surface area contributed by atoms with Crippen LogP contribution in [0.2, 0.25) is 0 Å². The molecule has 6 nitrogen and oxygen atoms in total. The van der Waals surface area contributed by atoms with Crippen molar-refractivity contribution in [1.82, 2.24) is 9.55 Å². The number of Topliss-reactive ketones (excluding diaryl/α,β-unsaturated/α-hetero) is 1. The van der Waals surface area contributed by atoms with Gasteiger partial charge in [-0.05, 0) is 39.7 Å². The van der Waals surface area contributed by atoms with E-state index in [2.05, 4.69) is 9.55 Å². The van der Waals surface area contributed by atoms with E-state index in [-0.39, 0.29) is 24.9 Å². The predicted molar refractivity (Wildman–Crippen MR) is 98.7 cm³/mol. The average Bonchev–Trinajstić information content (AvgIpc) is 3.31. The Morgan fingerprint density at radius 2 is 2.19 bits per heavy atom. The summed E-state index contributed by atoms with van der Waals surface area (Å²) in [7, 11) is 0. The topological polar surface area (TPSA) is 70.4 Å². The lowest BCUT2D eigenvalue weighted by Crippen LogP contribution is -2.18. The molecule has 1 aliphatic heterocycles. The Balaban J connectivity index is 1.58. The fourth-order valence-electron chi connectivity index (χ4n) is 3.27. The number of hydrogen-bond acceptors (Lipinski definition) is 6. The van der Waals surface area contributed by atoms with Gasteiger partial charge in [0.2, 0.25) is 5.78 Å². The Morgan fingerprint density at radius 1 is 1.38 bits per heavy atom. The van der Waals surface area contributed by atoms with Crippen LogP contribution in [-0.4, -0.2) is 40.6 Å². The lowest BCUT2D eigenvalue weighted by molar-refractivity contribution is -0.141. The SMILES string of the molecule is Cc1nc(CC(=O)OCC(=O)c2cc(C)n(C[C@H]3CCCO3)c2C)cs1. The summed E-state index contributed by atoms with van der Waals surface area (Å²) >= 11 is 1.49. The lowest BCUT2D eigenvalue weighted by atomic mass is 10.1. The number of carbonyl (C=O) groups excluding carboxylic acids is 2. The molecule has 0 N–H and O–H groups in total. The van der Waals surface area contributed by atoms with Crippen LogP contribution in [0.4, 0.5) is 0 Å². The van der Waals surface area contributed by atoms with E-state index < -0.39 is 5.97 Å². The number of rotatable bonds is 7. The molecule has 0 radical (unpaired) electrons. The Morgan fingerprint density at radius 3 is 2.85 bits per heavy atom. The first-order valence-corrected chi connectivity index (χ1v) is 9.70. The van der Waals surface area contributed by atoms with Gasteiger partial charge in [-0.3, -0.25) is 9.59 Å². The van der Waals surface area contributed by atoms with Gasteiger partial charge in [0.25, 0.3) is 0 Å². The van der Waals surface area contributed by atoms with E-state index in [1.54, 1.807) is 0 Å². The summed E-state index contributed by atoms with van der Waals surface area (Å²) in [5.74, 6) is -0.615. The molecule has 140 valence electrons. The van der Waals surface area contributed by atoms with Crippen LogP contribution >= 0.6 is 11.3 Å². The Kier molecular flexibility index (Phi) is 5.88. The number of ketones is 1. The summed E-state index contributed by atoms with van der Waals surface area (Å²) in [5.41, 5.74) is 3.21. The first kappa shape index (κ1) is 18.8. The summed E-state index contributed by atoms with van der Waals surface area (Å²) < 4.78 is 13.0. The third-order valence-corrected chi connectivity index (χ3v) is 5.46. The third kappa shape index (κ3) is 4.40. The van der Waals surface area contributed by atoms with Crippen LogP contribution in [0.3, 0.4) is 0 Å². The van der Waals surface area contributed by atoms with Crippen molar-refractivity contribution in [2.45, 2.75) is 52.7 Å². The summed E-state index contributed by atoms with van der Waals surface area (Å²) in [4.78, 5) is 28.6. The molecule has 0 saturated carbocycles. The fraction of sp³-hybridized carbons (Fsp3) is 0.526. The molecule has 3 rings (SSSR count). The van der Waals surface area contributed by atoms with E-state index in [1.807, 2.05) is 32.2 Å². The average molecular weight is 376 g/mol. The minimum Gasteiger partial charge on any atom is -0.457 e. The second-order valence-electron chi connectivity index (χ2n) is 6.65. The van der Waals surface area contributed by atoms with Gasteiger partial charge in [0.05, 0.1) is 23.2 Å². The molecule has 1 atom stereocenters. The van der Waals surface area contributed by atoms with Crippen molar-refractivity contribution in [2.75, 3.05) is 13.2 Å². The van der Waals surface area contributed by atoms with Crippen molar-refractivity contribution >= 4 is 23.1 Å². The van der Waals surface area contributed by atoms with Crippen LogP contribution in [0.15, 0.2) is 11.4 Å². The van der Waals surface area contributed by atoms with Crippen LogP contribution in [0.5, 0.6) is 0 Å². The number of carbonyl (C=O) groups is 2. The normalized spacial score (nSPS) is 16.8. The molecule has 2 aromatic rings. The van der Waals surface area contributed by atoms with Gasteiger partial charge in [-0.25, -0.2) is 4.98 Å². The maximum absolute atomic E-state index is 12.5. The zero-order valence-electron chi connectivity index (χ0n) is 15.4. The quantitative estimate of drug-likeness (QED) is 0.549. The highest BCUT2D eigenvalue weighted by Gasteiger charge is 2.21. The van der Waals surface area contributed by atoms with Gasteiger partial charge in [-0.15, -0.1) is 11.3 Å². The number of hydrogen-bond donors (Lipinski definition) is 0. The van der Waals surface area contributed by atoms with Crippen molar-refractivity contribution < 1.29 is 19.1 Å². The van der Waals surface area contributed by atoms with Crippen molar-refractivity contribution in [3.8, 4) is 0 Å². The highest BCUT2D eigenvalue weighted by Crippen LogP contribution is 2.21. The second kappa shape index (κ2) is 8.14. The van der Waals surface area contributed by atoms with Gasteiger partial charge in [-0.2, -0.15) is 0 Å². The zero-order valence-corrected chi connectivity index (χ0v) is 16.2. The Labute approximate surface area is 157 Å². The molecule has 26 heavy (non-hydrogen) atoms. The molecule has 0 unspecified atom stereocenters. The van der Waals surface area contributed by atoms with Crippen molar-refractivity contribution in [1.29, 1.82) is 0 Å². The molecule has 3 heterocycles. The van der Waals surface area contributed by atoms with Gasteiger partial charge < -0.3 is 14.0 Å². The summed E-state index contributed by atoms with van der Waals surface area (Å²) in [6.07, 6.45) is 2.44. The van der Waals surface area contributed by atoms with Crippen LogP contribution in [0.1, 0.15) is 45.3 Å². The van der Waals surface area contributed by atoms with E-state index in [4.69, 9.17) is 9.47 Å². The number of ether oxygens (including phenoxy) is 2. The highest BCUT2D eigenvalue weighted by atomic mass is 32.1. The molecular formula is C19H24N2O4S. The smallest absolute Gasteiger partial charge is 0.312 e. The standard InChI is InChI=1S/C19H24N2O4S/c1-12-7-17(13(2)21(12)9-16-5-4-6-24-16)18(22)10-25-19(23)8-15-11-26-14(3)20-15/h7,11,16H,4-6,8-10H2,1-3H3/t16-/m1/s1. The number of aryl methyl sites for hydroxylation is 2. The Hall–Kier alpha value is -1.99. The molecule has 1 fully saturated rings. The van der Waals surface area contributed by atoms with Gasteiger partial charge in [-0.1, -0.05) is 0 Å². The van der Waals surface area contributed by atoms with Crippen LogP contribution in [0, 0.1) is 20.8 Å². The predicted octanol–water partition coefficient (Wildman–Crippen LogP) is 3.02. The molecule has 0 spiro atoms. The van der Waals surface area contributed by atoms with Gasteiger partial charge >= 0.3 is 5.97 Å². The number of nitrogens with zero attached hydrogens (tertiary/aromatic N) is 2. The highest BCUT2D eigenvalue weighted by molar-refractivity contribution is 7.09. The summed E-state index contributed by atoms with van der Waals surface area (Å²) in [5, 5.41) is 2.74. The van der Waals surface area contributed by atoms with E-state index in [0.717, 1.165) is 42.4 Å². The van der Waals surface area contributed by atoms with Crippen molar-refractivity contribution in [2.24, 2.45) is 0 Å². The van der Waals surface area contributed by atoms with E-state index in [1.165, 1.54) is 11.3 Å². The third-order valence-electron chi connectivity index (χ3n) is 4.64. The minimum atomic E-state index is -0.434. The van der Waals surface area contributed by atoms with Crippen LogP contribution < -0.4 is 0 Å². The minimum absolute atomic E-state index is 0.0929. The van der Waals surface area contributed by atoms with Gasteiger partial charge in [0.1, 0.15) is 0 Å². The molecule has 1 saturated heterocycles. The molecule has 0 bridgehead atoms. The van der Waals surface area contributed by atoms with Crippen molar-refractivity contribution in [3.63, 3.8) is 0 Å². The first-order valence-electron chi connectivity index (χ1n) is 8.82. The van der Waals surface area contributed by atoms with E-state index in [9.17, 15) is 9.59 Å².